The van der Waals surface area contributed by atoms with Crippen molar-refractivity contribution in [1.29, 1.82) is 0 Å². The van der Waals surface area contributed by atoms with Gasteiger partial charge < -0.3 is 9.52 Å². The first-order chi connectivity index (χ1) is 9.75. The van der Waals surface area contributed by atoms with Gasteiger partial charge in [0.25, 0.3) is 0 Å². The maximum atomic E-state index is 10.9. The molecular weight excluding hydrogens is 272 g/mol. The van der Waals surface area contributed by atoms with E-state index in [-0.39, 0.29) is 5.56 Å². The molecule has 1 heterocycles. The quantitative estimate of drug-likeness (QED) is 0.403. The smallest absolute Gasteiger partial charge is 0.340 e. The van der Waals surface area contributed by atoms with E-state index in [0.717, 1.165) is 17.1 Å². The van der Waals surface area contributed by atoms with Gasteiger partial charge >= 0.3 is 5.97 Å². The molecule has 0 radical (unpaired) electrons. The van der Waals surface area contributed by atoms with Crippen molar-refractivity contribution in [2.24, 2.45) is 0 Å². The number of carboxylic acids is 1. The van der Waals surface area contributed by atoms with E-state index in [4.69, 9.17) is 9.52 Å². The lowest BCUT2D eigenvalue weighted by Gasteiger charge is -2.02. The van der Waals surface area contributed by atoms with Gasteiger partial charge in [0.2, 0.25) is 0 Å². The Morgan fingerprint density at radius 3 is 2.25 bits per heavy atom. The summed E-state index contributed by atoms with van der Waals surface area (Å²) in [7, 11) is 0. The molecule has 0 spiro atoms. The van der Waals surface area contributed by atoms with E-state index in [1.54, 1.807) is 11.8 Å². The van der Waals surface area contributed by atoms with Crippen LogP contribution in [0, 0.1) is 0 Å². The Bertz CT molecular complexity index is 374. The SMILES string of the molecule is CCCCCCCCCCCSc1cocc1C(=O)O. The van der Waals surface area contributed by atoms with Crippen LogP contribution in [0.4, 0.5) is 0 Å². The molecule has 0 fully saturated rings. The first-order valence-corrected chi connectivity index (χ1v) is 8.66. The number of unbranched alkanes of at least 4 members (excludes halogenated alkanes) is 8. The van der Waals surface area contributed by atoms with Crippen LogP contribution < -0.4 is 0 Å². The second-order valence-electron chi connectivity index (χ2n) is 5.13. The van der Waals surface area contributed by atoms with E-state index in [1.165, 1.54) is 63.9 Å². The molecule has 1 aromatic rings. The summed E-state index contributed by atoms with van der Waals surface area (Å²) in [5, 5.41) is 8.94. The average Bonchev–Trinajstić information content (AvgIpc) is 2.89. The minimum atomic E-state index is -0.909. The van der Waals surface area contributed by atoms with Crippen LogP contribution in [0.15, 0.2) is 21.8 Å². The zero-order chi connectivity index (χ0) is 14.6. The third kappa shape index (κ3) is 7.04. The molecule has 1 N–H and O–H groups in total. The Morgan fingerprint density at radius 2 is 1.65 bits per heavy atom. The van der Waals surface area contributed by atoms with Crippen LogP contribution in [-0.4, -0.2) is 16.8 Å². The maximum Gasteiger partial charge on any atom is 0.340 e. The average molecular weight is 298 g/mol. The van der Waals surface area contributed by atoms with E-state index in [1.807, 2.05) is 0 Å². The molecule has 0 saturated carbocycles. The fourth-order valence-electron chi connectivity index (χ4n) is 2.15. The van der Waals surface area contributed by atoms with Gasteiger partial charge in [-0.3, -0.25) is 0 Å². The highest BCUT2D eigenvalue weighted by Crippen LogP contribution is 2.25. The number of carbonyl (C=O) groups is 1. The Hall–Kier alpha value is -0.900. The fraction of sp³-hybridized carbons (Fsp3) is 0.688. The highest BCUT2D eigenvalue weighted by atomic mass is 32.2. The lowest BCUT2D eigenvalue weighted by Crippen LogP contribution is -1.95. The van der Waals surface area contributed by atoms with Gasteiger partial charge in [0.15, 0.2) is 0 Å². The Labute approximate surface area is 126 Å². The van der Waals surface area contributed by atoms with Gasteiger partial charge in [-0.25, -0.2) is 4.79 Å². The summed E-state index contributed by atoms with van der Waals surface area (Å²) >= 11 is 1.58. The molecule has 0 atom stereocenters. The van der Waals surface area contributed by atoms with Gasteiger partial charge in [-0.05, 0) is 12.2 Å². The third-order valence-corrected chi connectivity index (χ3v) is 4.48. The minimum absolute atomic E-state index is 0.283. The topological polar surface area (TPSA) is 50.4 Å². The van der Waals surface area contributed by atoms with Crippen LogP contribution in [0.1, 0.15) is 75.1 Å². The van der Waals surface area contributed by atoms with Crippen molar-refractivity contribution in [3.8, 4) is 0 Å². The van der Waals surface area contributed by atoms with Crippen molar-refractivity contribution in [3.05, 3.63) is 18.1 Å². The molecule has 0 aliphatic carbocycles. The summed E-state index contributed by atoms with van der Waals surface area (Å²) in [5.41, 5.74) is 0.283. The van der Waals surface area contributed by atoms with Gasteiger partial charge in [-0.1, -0.05) is 58.3 Å². The van der Waals surface area contributed by atoms with E-state index in [9.17, 15) is 4.79 Å². The van der Waals surface area contributed by atoms with E-state index < -0.39 is 5.97 Å². The lowest BCUT2D eigenvalue weighted by molar-refractivity contribution is 0.0693. The number of hydrogen-bond donors (Lipinski definition) is 1. The van der Waals surface area contributed by atoms with Crippen molar-refractivity contribution in [2.45, 2.75) is 69.6 Å². The van der Waals surface area contributed by atoms with Gasteiger partial charge in [0.1, 0.15) is 18.1 Å². The summed E-state index contributed by atoms with van der Waals surface area (Å²) < 4.78 is 4.95. The van der Waals surface area contributed by atoms with Gasteiger partial charge in [0, 0.05) is 0 Å². The number of aromatic carboxylic acids is 1. The van der Waals surface area contributed by atoms with Crippen LogP contribution in [0.3, 0.4) is 0 Å². The predicted octanol–water partition coefficient (Wildman–Crippen LogP) is 5.60. The zero-order valence-electron chi connectivity index (χ0n) is 12.4. The molecular formula is C16H26O3S. The van der Waals surface area contributed by atoms with Crippen molar-refractivity contribution in [2.75, 3.05) is 5.75 Å². The van der Waals surface area contributed by atoms with Crippen molar-refractivity contribution >= 4 is 17.7 Å². The Balaban J connectivity index is 1.97. The zero-order valence-corrected chi connectivity index (χ0v) is 13.2. The summed E-state index contributed by atoms with van der Waals surface area (Å²) in [6.45, 7) is 2.24. The predicted molar refractivity (Wildman–Crippen MR) is 83.6 cm³/mol. The summed E-state index contributed by atoms with van der Waals surface area (Å²) in [6.07, 6.45) is 14.6. The molecule has 1 rings (SSSR count). The third-order valence-electron chi connectivity index (χ3n) is 3.36. The molecule has 0 saturated heterocycles. The Kier molecular flexibility index (Phi) is 9.29. The number of carboxylic acid groups (broad SMARTS) is 1. The molecule has 0 aliphatic heterocycles. The van der Waals surface area contributed by atoms with Crippen molar-refractivity contribution < 1.29 is 14.3 Å². The lowest BCUT2D eigenvalue weighted by atomic mass is 10.1. The van der Waals surface area contributed by atoms with Crippen LogP contribution in [0.5, 0.6) is 0 Å². The molecule has 0 aromatic carbocycles. The molecule has 0 amide bonds. The number of thioether (sulfide) groups is 1. The maximum absolute atomic E-state index is 10.9. The van der Waals surface area contributed by atoms with Crippen LogP contribution >= 0.6 is 11.8 Å². The molecule has 0 unspecified atom stereocenters. The normalized spacial score (nSPS) is 10.8. The summed E-state index contributed by atoms with van der Waals surface area (Å²) in [4.78, 5) is 11.6. The van der Waals surface area contributed by atoms with Crippen LogP contribution in [0.25, 0.3) is 0 Å². The fourth-order valence-corrected chi connectivity index (χ4v) is 3.13. The first kappa shape index (κ1) is 17.2. The second-order valence-corrected chi connectivity index (χ2v) is 6.27. The number of rotatable bonds is 12. The molecule has 1 aromatic heterocycles. The summed E-state index contributed by atoms with van der Waals surface area (Å²) in [6, 6.07) is 0. The van der Waals surface area contributed by atoms with Crippen molar-refractivity contribution in [1.82, 2.24) is 0 Å². The first-order valence-electron chi connectivity index (χ1n) is 7.68. The standard InChI is InChI=1S/C16H26O3S/c1-2-3-4-5-6-7-8-9-10-11-20-15-13-19-12-14(15)16(17)18/h12-13H,2-11H2,1H3,(H,17,18). The second kappa shape index (κ2) is 10.8. The molecule has 114 valence electrons. The van der Waals surface area contributed by atoms with Crippen LogP contribution in [-0.2, 0) is 0 Å². The Morgan fingerprint density at radius 1 is 1.05 bits per heavy atom. The van der Waals surface area contributed by atoms with Gasteiger partial charge in [0.05, 0.1) is 4.90 Å². The van der Waals surface area contributed by atoms with Crippen LogP contribution in [0.2, 0.25) is 0 Å². The van der Waals surface area contributed by atoms with Gasteiger partial charge in [-0.2, -0.15) is 0 Å². The highest BCUT2D eigenvalue weighted by Gasteiger charge is 2.12. The largest absolute Gasteiger partial charge is 0.478 e. The van der Waals surface area contributed by atoms with Gasteiger partial charge in [-0.15, -0.1) is 11.8 Å². The highest BCUT2D eigenvalue weighted by molar-refractivity contribution is 7.99. The molecule has 4 heteroatoms. The number of hydrogen-bond acceptors (Lipinski definition) is 3. The number of furan rings is 1. The molecule has 20 heavy (non-hydrogen) atoms. The molecule has 0 bridgehead atoms. The molecule has 3 nitrogen and oxygen atoms in total. The van der Waals surface area contributed by atoms with Crippen molar-refractivity contribution in [3.63, 3.8) is 0 Å². The summed E-state index contributed by atoms with van der Waals surface area (Å²) in [5.74, 6) is 0.0590. The molecule has 0 aliphatic rings. The van der Waals surface area contributed by atoms with E-state index in [0.29, 0.717) is 0 Å². The minimum Gasteiger partial charge on any atom is -0.478 e. The monoisotopic (exact) mass is 298 g/mol. The van der Waals surface area contributed by atoms with E-state index >= 15 is 0 Å². The van der Waals surface area contributed by atoms with E-state index in [2.05, 4.69) is 6.92 Å².